The van der Waals surface area contributed by atoms with Gasteiger partial charge < -0.3 is 10.5 Å². The minimum atomic E-state index is -0.558. The molecule has 0 spiro atoms. The number of rotatable bonds is 4. The maximum Gasteiger partial charge on any atom is 0.312 e. The van der Waals surface area contributed by atoms with Gasteiger partial charge in [0, 0.05) is 31.3 Å². The van der Waals surface area contributed by atoms with E-state index < -0.39 is 11.8 Å². The van der Waals surface area contributed by atoms with E-state index in [-0.39, 0.29) is 49.4 Å². The van der Waals surface area contributed by atoms with Crippen molar-refractivity contribution in [3.8, 4) is 5.75 Å². The van der Waals surface area contributed by atoms with Crippen LogP contribution in [0.4, 0.5) is 4.39 Å². The molecule has 2 aliphatic rings. The molecule has 1 amide bonds. The molecular weight excluding hydrogens is 430 g/mol. The summed E-state index contributed by atoms with van der Waals surface area (Å²) in [5, 5.41) is 2.45. The number of amides is 1. The Kier molecular flexibility index (Phi) is 9.91. The van der Waals surface area contributed by atoms with Gasteiger partial charge in [-0.15, -0.1) is 24.8 Å². The molecule has 2 heterocycles. The fourth-order valence-electron chi connectivity index (χ4n) is 2.51. The van der Waals surface area contributed by atoms with Crippen molar-refractivity contribution in [1.29, 1.82) is 0 Å². The van der Waals surface area contributed by atoms with E-state index >= 15 is 0 Å². The number of hydrazine groups is 1. The van der Waals surface area contributed by atoms with Crippen molar-refractivity contribution in [3.63, 3.8) is 0 Å². The first kappa shape index (κ1) is 24.4. The maximum absolute atomic E-state index is 13.5. The Labute approximate surface area is 178 Å². The van der Waals surface area contributed by atoms with E-state index in [1.807, 2.05) is 5.01 Å². The summed E-state index contributed by atoms with van der Waals surface area (Å²) in [7, 11) is 0. The molecule has 0 aliphatic carbocycles. The zero-order valence-electron chi connectivity index (χ0n) is 14.9. The predicted octanol–water partition coefficient (Wildman–Crippen LogP) is 2.49. The number of benzene rings is 1. The number of aliphatic imine (C=N–C) groups is 1. The Hall–Kier alpha value is -1.65. The number of carbonyl (C=O) groups is 2. The van der Waals surface area contributed by atoms with Crippen LogP contribution >= 0.6 is 36.6 Å². The second kappa shape index (κ2) is 11.4. The monoisotopic (exact) mass is 450 g/mol. The molecule has 0 radical (unpaired) electrons. The van der Waals surface area contributed by atoms with Crippen LogP contribution in [0.5, 0.6) is 5.75 Å². The Morgan fingerprint density at radius 2 is 2.18 bits per heavy atom. The van der Waals surface area contributed by atoms with Crippen molar-refractivity contribution in [2.45, 2.75) is 19.3 Å². The molecule has 0 saturated carbocycles. The molecule has 28 heavy (non-hydrogen) atoms. The standard InChI is InChI=1S/C17H19FN4O3S.2ClH/c18-12-4-3-11(13(10-12)25-15(23)5-6-19)9-14-16(24)21-17(26-14)22-8-2-1-7-20-22;;/h3-4,9-10,20H,1-2,5-8,19H2;2*1H/b14-9+;;. The lowest BCUT2D eigenvalue weighted by Crippen LogP contribution is -2.45. The summed E-state index contributed by atoms with van der Waals surface area (Å²) >= 11 is 1.23. The molecule has 0 unspecified atom stereocenters. The third-order valence-corrected chi connectivity index (χ3v) is 4.79. The molecule has 3 rings (SSSR count). The number of nitrogens with zero attached hydrogens (tertiary/aromatic N) is 2. The SMILES string of the molecule is Cl.Cl.NCCC(=O)Oc1cc(F)ccc1/C=C1/SC(N2CCCCN2)=NC1=O. The van der Waals surface area contributed by atoms with Crippen molar-refractivity contribution in [1.82, 2.24) is 10.4 Å². The van der Waals surface area contributed by atoms with E-state index in [1.54, 1.807) is 6.08 Å². The smallest absolute Gasteiger partial charge is 0.312 e. The van der Waals surface area contributed by atoms with Gasteiger partial charge in [-0.1, -0.05) is 0 Å². The minimum absolute atomic E-state index is 0. The molecule has 1 saturated heterocycles. The quantitative estimate of drug-likeness (QED) is 0.413. The average Bonchev–Trinajstić information content (AvgIpc) is 2.99. The predicted molar refractivity (Wildman–Crippen MR) is 112 cm³/mol. The highest BCUT2D eigenvalue weighted by molar-refractivity contribution is 8.18. The summed E-state index contributed by atoms with van der Waals surface area (Å²) in [6.07, 6.45) is 3.68. The van der Waals surface area contributed by atoms with Gasteiger partial charge in [-0.2, -0.15) is 4.99 Å². The van der Waals surface area contributed by atoms with Crippen LogP contribution in [0.25, 0.3) is 6.08 Å². The number of esters is 1. The van der Waals surface area contributed by atoms with Crippen molar-refractivity contribution >= 4 is 59.7 Å². The first-order valence-corrected chi connectivity index (χ1v) is 9.12. The van der Waals surface area contributed by atoms with Gasteiger partial charge in [0.05, 0.1) is 11.3 Å². The average molecular weight is 451 g/mol. The minimum Gasteiger partial charge on any atom is -0.426 e. The normalized spacial score (nSPS) is 17.6. The molecule has 1 aromatic rings. The van der Waals surface area contributed by atoms with Crippen molar-refractivity contribution in [2.75, 3.05) is 19.6 Å². The zero-order valence-corrected chi connectivity index (χ0v) is 17.3. The summed E-state index contributed by atoms with van der Waals surface area (Å²) in [5.74, 6) is -1.42. The molecule has 0 atom stereocenters. The lowest BCUT2D eigenvalue weighted by atomic mass is 10.1. The number of halogens is 3. The van der Waals surface area contributed by atoms with E-state index in [1.165, 1.54) is 23.9 Å². The molecule has 1 aromatic carbocycles. The van der Waals surface area contributed by atoms with E-state index in [0.29, 0.717) is 15.6 Å². The number of thioether (sulfide) groups is 1. The number of carbonyl (C=O) groups excluding carboxylic acids is 2. The van der Waals surface area contributed by atoms with Gasteiger partial charge in [-0.05, 0) is 42.8 Å². The molecule has 154 valence electrons. The summed E-state index contributed by atoms with van der Waals surface area (Å²) in [4.78, 5) is 28.3. The summed E-state index contributed by atoms with van der Waals surface area (Å²) in [6.45, 7) is 1.76. The number of hydrogen-bond acceptors (Lipinski definition) is 7. The number of ether oxygens (including phenoxy) is 1. The second-order valence-electron chi connectivity index (χ2n) is 5.77. The third-order valence-electron chi connectivity index (χ3n) is 3.79. The first-order chi connectivity index (χ1) is 12.6. The van der Waals surface area contributed by atoms with Crippen LogP contribution in [-0.4, -0.2) is 41.7 Å². The highest BCUT2D eigenvalue weighted by Gasteiger charge is 2.27. The van der Waals surface area contributed by atoms with Crippen LogP contribution in [0.15, 0.2) is 28.1 Å². The van der Waals surface area contributed by atoms with Crippen molar-refractivity contribution in [3.05, 3.63) is 34.5 Å². The Bertz CT molecular complexity index is 786. The molecule has 0 aromatic heterocycles. The molecule has 0 bridgehead atoms. The van der Waals surface area contributed by atoms with Crippen LogP contribution in [-0.2, 0) is 9.59 Å². The van der Waals surface area contributed by atoms with Gasteiger partial charge in [0.1, 0.15) is 11.6 Å². The summed E-state index contributed by atoms with van der Waals surface area (Å²) in [6, 6.07) is 3.81. The molecule has 7 nitrogen and oxygen atoms in total. The van der Waals surface area contributed by atoms with Crippen molar-refractivity contribution < 1.29 is 18.7 Å². The molecule has 3 N–H and O–H groups in total. The maximum atomic E-state index is 13.5. The van der Waals surface area contributed by atoms with Crippen LogP contribution in [0.2, 0.25) is 0 Å². The van der Waals surface area contributed by atoms with Gasteiger partial charge in [0.15, 0.2) is 5.17 Å². The van der Waals surface area contributed by atoms with E-state index in [2.05, 4.69) is 10.4 Å². The van der Waals surface area contributed by atoms with Crippen LogP contribution in [0, 0.1) is 5.82 Å². The number of amidine groups is 1. The van der Waals surface area contributed by atoms with E-state index in [0.717, 1.165) is 32.0 Å². The lowest BCUT2D eigenvalue weighted by Gasteiger charge is -2.28. The number of nitrogens with one attached hydrogen (secondary N) is 1. The molecular formula is C17H21Cl2FN4O3S. The summed E-state index contributed by atoms with van der Waals surface area (Å²) < 4.78 is 18.7. The number of hydrogen-bond donors (Lipinski definition) is 2. The van der Waals surface area contributed by atoms with E-state index in [9.17, 15) is 14.0 Å². The molecule has 11 heteroatoms. The highest BCUT2D eigenvalue weighted by Crippen LogP contribution is 2.32. The molecule has 2 aliphatic heterocycles. The fraction of sp³-hybridized carbons (Fsp3) is 0.353. The highest BCUT2D eigenvalue weighted by atomic mass is 35.5. The third kappa shape index (κ3) is 6.18. The van der Waals surface area contributed by atoms with Gasteiger partial charge in [0.25, 0.3) is 5.91 Å². The lowest BCUT2D eigenvalue weighted by molar-refractivity contribution is -0.134. The zero-order chi connectivity index (χ0) is 18.5. The Balaban J connectivity index is 0.00000196. The van der Waals surface area contributed by atoms with Gasteiger partial charge in [-0.25, -0.2) is 9.82 Å². The van der Waals surface area contributed by atoms with Crippen LogP contribution < -0.4 is 15.9 Å². The number of nitrogens with two attached hydrogens (primary N) is 1. The van der Waals surface area contributed by atoms with Crippen LogP contribution in [0.1, 0.15) is 24.8 Å². The summed E-state index contributed by atoms with van der Waals surface area (Å²) in [5.41, 5.74) is 8.95. The van der Waals surface area contributed by atoms with Gasteiger partial charge in [-0.3, -0.25) is 14.6 Å². The fourth-order valence-corrected chi connectivity index (χ4v) is 3.42. The largest absolute Gasteiger partial charge is 0.426 e. The van der Waals surface area contributed by atoms with Crippen molar-refractivity contribution in [2.24, 2.45) is 10.7 Å². The Morgan fingerprint density at radius 1 is 1.39 bits per heavy atom. The second-order valence-corrected chi connectivity index (χ2v) is 6.78. The van der Waals surface area contributed by atoms with Gasteiger partial charge in [0.2, 0.25) is 0 Å². The first-order valence-electron chi connectivity index (χ1n) is 8.31. The van der Waals surface area contributed by atoms with E-state index in [4.69, 9.17) is 10.5 Å². The topological polar surface area (TPSA) is 97.0 Å². The Morgan fingerprint density at radius 3 is 2.86 bits per heavy atom. The van der Waals surface area contributed by atoms with Crippen LogP contribution in [0.3, 0.4) is 0 Å². The van der Waals surface area contributed by atoms with Gasteiger partial charge >= 0.3 is 5.97 Å². The molecule has 1 fully saturated rings.